The molecule has 0 aliphatic carbocycles. The first-order chi connectivity index (χ1) is 7.93. The second-order valence-corrected chi connectivity index (χ2v) is 4.23. The van der Waals surface area contributed by atoms with E-state index in [4.69, 9.17) is 14.6 Å². The van der Waals surface area contributed by atoms with Crippen LogP contribution in [0, 0.1) is 5.82 Å². The maximum absolute atomic E-state index is 13.6. The summed E-state index contributed by atoms with van der Waals surface area (Å²) in [5.74, 6) is -2.49. The molecule has 1 unspecified atom stereocenters. The first kappa shape index (κ1) is 13.8. The minimum atomic E-state index is -1.03. The molecular weight excluding hydrogens is 295 g/mol. The molecule has 0 heterocycles. The van der Waals surface area contributed by atoms with E-state index >= 15 is 0 Å². The number of carboxylic acid groups (broad SMARTS) is 1. The van der Waals surface area contributed by atoms with Gasteiger partial charge in [0.05, 0.1) is 20.1 Å². The molecule has 0 saturated heterocycles. The Kier molecular flexibility index (Phi) is 4.34. The van der Waals surface area contributed by atoms with E-state index in [9.17, 15) is 9.18 Å². The monoisotopic (exact) mass is 306 g/mol. The number of benzene rings is 1. The van der Waals surface area contributed by atoms with E-state index in [1.54, 1.807) is 0 Å². The predicted octanol–water partition coefficient (Wildman–Crippen LogP) is 2.79. The van der Waals surface area contributed by atoms with Crippen molar-refractivity contribution in [2.45, 2.75) is 12.8 Å². The molecule has 0 aliphatic heterocycles. The van der Waals surface area contributed by atoms with E-state index in [0.717, 1.165) is 6.07 Å². The Morgan fingerprint density at radius 1 is 1.41 bits per heavy atom. The lowest BCUT2D eigenvalue weighted by Gasteiger charge is -2.17. The topological polar surface area (TPSA) is 55.8 Å². The van der Waals surface area contributed by atoms with Crippen LogP contribution in [0.4, 0.5) is 4.39 Å². The molecular formula is C11H12BrFO4. The standard InChI is InChI=1S/C11H12BrFO4/c1-5(11(14)15)8-6(12)4-7(13)9(16-2)10(8)17-3/h4-5H,1-3H3,(H,14,15). The van der Waals surface area contributed by atoms with E-state index in [0.29, 0.717) is 10.0 Å². The molecule has 17 heavy (non-hydrogen) atoms. The number of ether oxygens (including phenoxy) is 2. The third-order valence-electron chi connectivity index (χ3n) is 2.39. The third-order valence-corrected chi connectivity index (χ3v) is 3.05. The van der Waals surface area contributed by atoms with Crippen LogP contribution in [0.25, 0.3) is 0 Å². The zero-order valence-corrected chi connectivity index (χ0v) is 11.2. The summed E-state index contributed by atoms with van der Waals surface area (Å²) in [4.78, 5) is 11.0. The molecule has 0 aromatic heterocycles. The molecule has 1 N–H and O–H groups in total. The highest BCUT2D eigenvalue weighted by molar-refractivity contribution is 9.10. The summed E-state index contributed by atoms with van der Waals surface area (Å²) in [7, 11) is 2.63. The fourth-order valence-electron chi connectivity index (χ4n) is 1.51. The zero-order chi connectivity index (χ0) is 13.2. The van der Waals surface area contributed by atoms with Crippen molar-refractivity contribution < 1.29 is 23.8 Å². The van der Waals surface area contributed by atoms with Gasteiger partial charge in [-0.05, 0) is 13.0 Å². The van der Waals surface area contributed by atoms with Gasteiger partial charge < -0.3 is 14.6 Å². The summed E-state index contributed by atoms with van der Waals surface area (Å²) in [6, 6.07) is 1.16. The van der Waals surface area contributed by atoms with Crippen molar-refractivity contribution in [2.75, 3.05) is 14.2 Å². The first-order valence-corrected chi connectivity index (χ1v) is 5.56. The van der Waals surface area contributed by atoms with E-state index in [1.165, 1.54) is 21.1 Å². The Hall–Kier alpha value is -1.30. The summed E-state index contributed by atoms with van der Waals surface area (Å²) in [6.45, 7) is 1.49. The fraction of sp³-hybridized carbons (Fsp3) is 0.364. The molecule has 4 nitrogen and oxygen atoms in total. The van der Waals surface area contributed by atoms with E-state index in [2.05, 4.69) is 15.9 Å². The number of methoxy groups -OCH3 is 2. The van der Waals surface area contributed by atoms with E-state index in [-0.39, 0.29) is 11.5 Å². The largest absolute Gasteiger partial charge is 0.492 e. The van der Waals surface area contributed by atoms with Gasteiger partial charge in [0.2, 0.25) is 0 Å². The highest BCUT2D eigenvalue weighted by Gasteiger charge is 2.26. The predicted molar refractivity (Wildman–Crippen MR) is 63.3 cm³/mol. The van der Waals surface area contributed by atoms with Crippen LogP contribution >= 0.6 is 15.9 Å². The number of hydrogen-bond donors (Lipinski definition) is 1. The Morgan fingerprint density at radius 3 is 2.35 bits per heavy atom. The molecule has 1 atom stereocenters. The lowest BCUT2D eigenvalue weighted by atomic mass is 9.99. The van der Waals surface area contributed by atoms with Crippen LogP contribution in [-0.4, -0.2) is 25.3 Å². The minimum Gasteiger partial charge on any atom is -0.492 e. The summed E-state index contributed by atoms with van der Waals surface area (Å²) in [5, 5.41) is 9.00. The van der Waals surface area contributed by atoms with Crippen LogP contribution in [0.2, 0.25) is 0 Å². The van der Waals surface area contributed by atoms with E-state index < -0.39 is 17.7 Å². The first-order valence-electron chi connectivity index (χ1n) is 4.76. The fourth-order valence-corrected chi connectivity index (χ4v) is 2.24. The summed E-state index contributed by atoms with van der Waals surface area (Å²) < 4.78 is 23.8. The second-order valence-electron chi connectivity index (χ2n) is 3.38. The van der Waals surface area contributed by atoms with Crippen molar-refractivity contribution in [1.82, 2.24) is 0 Å². The Bertz CT molecular complexity index is 448. The van der Waals surface area contributed by atoms with Gasteiger partial charge in [0, 0.05) is 10.0 Å². The van der Waals surface area contributed by atoms with Crippen LogP contribution in [0.1, 0.15) is 18.4 Å². The molecule has 0 aliphatic rings. The van der Waals surface area contributed by atoms with Crippen molar-refractivity contribution in [1.29, 1.82) is 0 Å². The van der Waals surface area contributed by atoms with Gasteiger partial charge in [0.1, 0.15) is 0 Å². The van der Waals surface area contributed by atoms with E-state index in [1.807, 2.05) is 0 Å². The van der Waals surface area contributed by atoms with Gasteiger partial charge in [-0.15, -0.1) is 0 Å². The van der Waals surface area contributed by atoms with Crippen molar-refractivity contribution in [2.24, 2.45) is 0 Å². The average molecular weight is 307 g/mol. The highest BCUT2D eigenvalue weighted by atomic mass is 79.9. The number of rotatable bonds is 4. The molecule has 0 spiro atoms. The second kappa shape index (κ2) is 5.35. The quantitative estimate of drug-likeness (QED) is 0.929. The van der Waals surface area contributed by atoms with Gasteiger partial charge in [-0.1, -0.05) is 15.9 Å². The van der Waals surface area contributed by atoms with Gasteiger partial charge in [-0.25, -0.2) is 4.39 Å². The number of carboxylic acids is 1. The van der Waals surface area contributed by atoms with Crippen LogP contribution < -0.4 is 9.47 Å². The number of carbonyl (C=O) groups is 1. The minimum absolute atomic E-state index is 0.0919. The molecule has 1 rings (SSSR count). The summed E-state index contributed by atoms with van der Waals surface area (Å²) >= 11 is 3.13. The smallest absolute Gasteiger partial charge is 0.310 e. The lowest BCUT2D eigenvalue weighted by Crippen LogP contribution is -2.11. The van der Waals surface area contributed by atoms with Gasteiger partial charge >= 0.3 is 5.97 Å². The Morgan fingerprint density at radius 2 is 1.94 bits per heavy atom. The number of hydrogen-bond acceptors (Lipinski definition) is 3. The molecule has 0 fully saturated rings. The SMILES string of the molecule is COc1c(F)cc(Br)c(C(C)C(=O)O)c1OC. The molecule has 0 radical (unpaired) electrons. The normalized spacial score (nSPS) is 12.1. The Balaban J connectivity index is 3.52. The molecule has 0 bridgehead atoms. The summed E-state index contributed by atoms with van der Waals surface area (Å²) in [6.07, 6.45) is 0. The van der Waals surface area contributed by atoms with Crippen LogP contribution in [0.15, 0.2) is 10.5 Å². The highest BCUT2D eigenvalue weighted by Crippen LogP contribution is 2.42. The molecule has 0 saturated carbocycles. The number of halogens is 2. The molecule has 1 aromatic rings. The molecule has 0 amide bonds. The molecule has 1 aromatic carbocycles. The molecule has 6 heteroatoms. The van der Waals surface area contributed by atoms with Crippen LogP contribution in [0.5, 0.6) is 11.5 Å². The third kappa shape index (κ3) is 2.52. The molecule has 94 valence electrons. The summed E-state index contributed by atoms with van der Waals surface area (Å²) in [5.41, 5.74) is 0.346. The van der Waals surface area contributed by atoms with Crippen molar-refractivity contribution in [3.8, 4) is 11.5 Å². The zero-order valence-electron chi connectivity index (χ0n) is 9.58. The van der Waals surface area contributed by atoms with Crippen LogP contribution in [0.3, 0.4) is 0 Å². The number of aliphatic carboxylic acids is 1. The van der Waals surface area contributed by atoms with Crippen molar-refractivity contribution in [3.63, 3.8) is 0 Å². The Labute approximate surface area is 106 Å². The average Bonchev–Trinajstić information content (AvgIpc) is 2.27. The lowest BCUT2D eigenvalue weighted by molar-refractivity contribution is -0.138. The van der Waals surface area contributed by atoms with Gasteiger partial charge in [-0.2, -0.15) is 0 Å². The van der Waals surface area contributed by atoms with Crippen molar-refractivity contribution in [3.05, 3.63) is 21.9 Å². The maximum Gasteiger partial charge on any atom is 0.310 e. The maximum atomic E-state index is 13.6. The van der Waals surface area contributed by atoms with Crippen molar-refractivity contribution >= 4 is 21.9 Å². The van der Waals surface area contributed by atoms with Gasteiger partial charge in [-0.3, -0.25) is 4.79 Å². The van der Waals surface area contributed by atoms with Crippen LogP contribution in [-0.2, 0) is 4.79 Å². The van der Waals surface area contributed by atoms with Gasteiger partial charge in [0.15, 0.2) is 17.3 Å². The van der Waals surface area contributed by atoms with Gasteiger partial charge in [0.25, 0.3) is 0 Å².